The summed E-state index contributed by atoms with van der Waals surface area (Å²) in [7, 11) is 1.27. The second-order valence-electron chi connectivity index (χ2n) is 6.20. The molecule has 27 heavy (non-hydrogen) atoms. The van der Waals surface area contributed by atoms with Crippen molar-refractivity contribution in [3.8, 4) is 5.69 Å². The van der Waals surface area contributed by atoms with Crippen molar-refractivity contribution in [3.05, 3.63) is 68.3 Å². The molecule has 0 atom stereocenters. The molecule has 7 heteroatoms. The fourth-order valence-electron chi connectivity index (χ4n) is 3.14. The summed E-state index contributed by atoms with van der Waals surface area (Å²) in [6.07, 6.45) is 1.74. The lowest BCUT2D eigenvalue weighted by Crippen LogP contribution is -2.11. The topological polar surface area (TPSA) is 63.8 Å². The van der Waals surface area contributed by atoms with Gasteiger partial charge < -0.3 is 14.4 Å². The van der Waals surface area contributed by atoms with Crippen molar-refractivity contribution < 1.29 is 14.6 Å². The predicted octanol–water partition coefficient (Wildman–Crippen LogP) is 5.20. The number of methoxy groups -OCH3 is 1. The van der Waals surface area contributed by atoms with E-state index in [4.69, 9.17) is 27.9 Å². The molecule has 0 saturated heterocycles. The van der Waals surface area contributed by atoms with E-state index in [9.17, 15) is 9.90 Å². The second-order valence-corrected chi connectivity index (χ2v) is 7.02. The number of hydrogen-bond acceptors (Lipinski definition) is 4. The summed E-state index contributed by atoms with van der Waals surface area (Å²) in [6, 6.07) is 7.40. The third kappa shape index (κ3) is 3.40. The first kappa shape index (κ1) is 19.3. The summed E-state index contributed by atoms with van der Waals surface area (Å²) >= 11 is 12.2. The van der Waals surface area contributed by atoms with Crippen molar-refractivity contribution in [2.75, 3.05) is 7.11 Å². The van der Waals surface area contributed by atoms with Crippen LogP contribution in [-0.4, -0.2) is 28.5 Å². The van der Waals surface area contributed by atoms with Gasteiger partial charge in [0.05, 0.1) is 22.9 Å². The van der Waals surface area contributed by atoms with Gasteiger partial charge in [-0.1, -0.05) is 23.2 Å². The van der Waals surface area contributed by atoms with Gasteiger partial charge in [-0.05, 0) is 56.7 Å². The Morgan fingerprint density at radius 3 is 2.52 bits per heavy atom. The van der Waals surface area contributed by atoms with Gasteiger partial charge in [0, 0.05) is 17.1 Å². The molecule has 5 nitrogen and oxygen atoms in total. The first-order valence-electron chi connectivity index (χ1n) is 8.18. The number of aliphatic imine (C=N–C) groups is 1. The van der Waals surface area contributed by atoms with Gasteiger partial charge >= 0.3 is 5.97 Å². The fraction of sp³-hybridized carbons (Fsp3) is 0.200. The number of benzene rings is 1. The molecule has 0 fully saturated rings. The highest BCUT2D eigenvalue weighted by molar-refractivity contribution is 6.42. The number of aliphatic hydroxyl groups excluding tert-OH is 1. The normalized spacial score (nSPS) is 15.5. The second kappa shape index (κ2) is 7.25. The molecule has 1 aliphatic heterocycles. The third-order valence-electron chi connectivity index (χ3n) is 4.44. The number of rotatable bonds is 3. The van der Waals surface area contributed by atoms with Crippen molar-refractivity contribution in [3.63, 3.8) is 0 Å². The minimum atomic E-state index is -0.613. The Bertz CT molecular complexity index is 1050. The first-order chi connectivity index (χ1) is 12.7. The lowest BCUT2D eigenvalue weighted by molar-refractivity contribution is -0.135. The average Bonchev–Trinajstić information content (AvgIpc) is 3.05. The molecule has 0 radical (unpaired) electrons. The first-order valence-corrected chi connectivity index (χ1v) is 8.93. The zero-order valence-corrected chi connectivity index (χ0v) is 16.8. The van der Waals surface area contributed by atoms with Gasteiger partial charge in [0.25, 0.3) is 0 Å². The van der Waals surface area contributed by atoms with Crippen LogP contribution in [0.5, 0.6) is 0 Å². The number of carbonyl (C=O) groups excluding carboxylic acids is 1. The summed E-state index contributed by atoms with van der Waals surface area (Å²) in [6.45, 7) is 5.58. The highest BCUT2D eigenvalue weighted by Gasteiger charge is 2.27. The molecule has 0 bridgehead atoms. The zero-order valence-electron chi connectivity index (χ0n) is 15.3. The molecule has 3 rings (SSSR count). The van der Waals surface area contributed by atoms with Gasteiger partial charge in [-0.25, -0.2) is 9.79 Å². The van der Waals surface area contributed by atoms with Crippen LogP contribution in [0.15, 0.2) is 46.3 Å². The molecular weight excluding hydrogens is 387 g/mol. The van der Waals surface area contributed by atoms with E-state index < -0.39 is 5.97 Å². The summed E-state index contributed by atoms with van der Waals surface area (Å²) in [5.74, 6) is -0.794. The Hall–Kier alpha value is -2.50. The Labute approximate surface area is 167 Å². The predicted molar refractivity (Wildman–Crippen MR) is 108 cm³/mol. The highest BCUT2D eigenvalue weighted by atomic mass is 35.5. The van der Waals surface area contributed by atoms with Crippen LogP contribution in [0.1, 0.15) is 23.9 Å². The zero-order chi connectivity index (χ0) is 19.9. The molecule has 1 aromatic heterocycles. The van der Waals surface area contributed by atoms with Gasteiger partial charge in [-0.3, -0.25) is 0 Å². The van der Waals surface area contributed by atoms with Gasteiger partial charge in [0.15, 0.2) is 5.76 Å². The lowest BCUT2D eigenvalue weighted by Gasteiger charge is -2.10. The molecule has 0 saturated carbocycles. The van der Waals surface area contributed by atoms with E-state index >= 15 is 0 Å². The van der Waals surface area contributed by atoms with Crippen LogP contribution >= 0.6 is 23.2 Å². The average molecular weight is 405 g/mol. The highest BCUT2D eigenvalue weighted by Crippen LogP contribution is 2.31. The molecule has 0 unspecified atom stereocenters. The van der Waals surface area contributed by atoms with Crippen molar-refractivity contribution >= 4 is 41.0 Å². The SMILES string of the molecule is COC(=O)C1=C(O)C(=Cc2cc(C)n(-c3ccc(Cl)c(Cl)c3)c2C)N=C1C. The van der Waals surface area contributed by atoms with E-state index in [1.165, 1.54) is 7.11 Å². The maximum Gasteiger partial charge on any atom is 0.343 e. The van der Waals surface area contributed by atoms with Crippen molar-refractivity contribution in [2.24, 2.45) is 4.99 Å². The van der Waals surface area contributed by atoms with E-state index in [2.05, 4.69) is 4.99 Å². The number of halogens is 2. The number of hydrogen-bond donors (Lipinski definition) is 1. The Morgan fingerprint density at radius 2 is 1.89 bits per heavy atom. The van der Waals surface area contributed by atoms with Crippen molar-refractivity contribution in [2.45, 2.75) is 20.8 Å². The standard InChI is InChI=1S/C20H18Cl2N2O3/c1-10-7-13(8-17-19(25)18(11(2)23-17)20(26)27-4)12(3)24(10)14-5-6-15(21)16(22)9-14/h5-9,25H,1-4H3. The van der Waals surface area contributed by atoms with Gasteiger partial charge in [0.2, 0.25) is 0 Å². The van der Waals surface area contributed by atoms with Crippen molar-refractivity contribution in [1.82, 2.24) is 4.57 Å². The van der Waals surface area contributed by atoms with Crippen LogP contribution in [-0.2, 0) is 9.53 Å². The number of nitrogens with zero attached hydrogens (tertiary/aromatic N) is 2. The van der Waals surface area contributed by atoms with Crippen LogP contribution < -0.4 is 0 Å². The molecule has 1 aliphatic rings. The van der Waals surface area contributed by atoms with E-state index in [-0.39, 0.29) is 11.3 Å². The number of aromatic nitrogens is 1. The van der Waals surface area contributed by atoms with Crippen LogP contribution in [0.4, 0.5) is 0 Å². The Balaban J connectivity index is 2.08. The van der Waals surface area contributed by atoms with E-state index in [1.54, 1.807) is 25.1 Å². The van der Waals surface area contributed by atoms with E-state index in [0.29, 0.717) is 21.5 Å². The minimum Gasteiger partial charge on any atom is -0.505 e. The largest absolute Gasteiger partial charge is 0.505 e. The number of aryl methyl sites for hydroxylation is 1. The number of aliphatic hydroxyl groups is 1. The molecule has 0 spiro atoms. The molecule has 140 valence electrons. The van der Waals surface area contributed by atoms with Gasteiger partial charge in [-0.15, -0.1) is 0 Å². The summed E-state index contributed by atoms with van der Waals surface area (Å²) in [5, 5.41) is 11.4. The van der Waals surface area contributed by atoms with Crippen LogP contribution in [0.3, 0.4) is 0 Å². The maximum atomic E-state index is 11.8. The van der Waals surface area contributed by atoms with Crippen LogP contribution in [0.2, 0.25) is 10.0 Å². The molecular formula is C20H18Cl2N2O3. The minimum absolute atomic E-state index is 0.0852. The Kier molecular flexibility index (Phi) is 5.18. The third-order valence-corrected chi connectivity index (χ3v) is 5.18. The van der Waals surface area contributed by atoms with E-state index in [1.807, 2.05) is 30.5 Å². The summed E-state index contributed by atoms with van der Waals surface area (Å²) < 4.78 is 6.74. The van der Waals surface area contributed by atoms with Crippen molar-refractivity contribution in [1.29, 1.82) is 0 Å². The summed E-state index contributed by atoms with van der Waals surface area (Å²) in [5.41, 5.74) is 4.49. The monoisotopic (exact) mass is 404 g/mol. The maximum absolute atomic E-state index is 11.8. The molecule has 1 N–H and O–H groups in total. The van der Waals surface area contributed by atoms with Gasteiger partial charge in [0.1, 0.15) is 11.3 Å². The van der Waals surface area contributed by atoms with Crippen LogP contribution in [0, 0.1) is 13.8 Å². The fourth-order valence-corrected chi connectivity index (χ4v) is 3.43. The quantitative estimate of drug-likeness (QED) is 0.714. The molecule has 0 aliphatic carbocycles. The molecule has 0 amide bonds. The van der Waals surface area contributed by atoms with E-state index in [0.717, 1.165) is 22.6 Å². The smallest absolute Gasteiger partial charge is 0.343 e. The summed E-state index contributed by atoms with van der Waals surface area (Å²) in [4.78, 5) is 16.1. The number of carbonyl (C=O) groups is 1. The number of esters is 1. The lowest BCUT2D eigenvalue weighted by atomic mass is 10.1. The molecule has 2 aromatic rings. The number of ether oxygens (including phenoxy) is 1. The molecule has 2 heterocycles. The van der Waals surface area contributed by atoms with Crippen LogP contribution in [0.25, 0.3) is 11.8 Å². The molecule has 1 aromatic carbocycles. The van der Waals surface area contributed by atoms with Gasteiger partial charge in [-0.2, -0.15) is 0 Å². The Morgan fingerprint density at radius 1 is 1.19 bits per heavy atom.